The molecule has 30 nitrogen and oxygen atoms in total. The van der Waals surface area contributed by atoms with E-state index < -0.39 is 96.4 Å². The van der Waals surface area contributed by atoms with Crippen molar-refractivity contribution in [2.75, 3.05) is 99.7 Å². The molecule has 3 fully saturated rings. The van der Waals surface area contributed by atoms with Gasteiger partial charge in [-0.25, -0.2) is 0 Å². The molecule has 6 amide bonds. The van der Waals surface area contributed by atoms with Crippen LogP contribution in [0.25, 0.3) is 0 Å². The number of hydrogen-bond acceptors (Lipinski definition) is 24. The molecular formula is C85H156N6O24. The van der Waals surface area contributed by atoms with Crippen LogP contribution in [0.2, 0.25) is 0 Å². The molecule has 0 aliphatic heterocycles. The molecule has 0 spiro atoms. The number of ether oxygens (including phenoxy) is 7. The van der Waals surface area contributed by atoms with Crippen molar-refractivity contribution in [1.82, 2.24) is 31.9 Å². The second kappa shape index (κ2) is 65.3. The summed E-state index contributed by atoms with van der Waals surface area (Å²) in [5, 5.41) is 109. The number of Topliss-reactive ketones (excluding diaryl/α,β-unsaturated/α-hetero) is 2. The first-order valence-electron chi connectivity index (χ1n) is 44.2. The smallest absolute Gasteiger partial charge is 0.222 e. The largest absolute Gasteiger partial charge is 0.396 e. The SMILES string of the molecule is COCNC(=O)CCCC(=O)NC(COCCC(=O)CCCCCCCCCCCCCOC1CC(CO)C(O)C(O)C1NC(C)=O)(COCCC(=O)CCCCCCCCCCCCCOC1CC(CO)C(O)C(O)C1NC(C)=O)COCCC(=O)NCCCCCCCCCCCCOC1CC(CO)C(O)C(O)C1NC(C)=O. The number of nitrogens with one attached hydrogen (secondary N) is 6. The minimum atomic E-state index is -1.28. The Morgan fingerprint density at radius 3 is 0.922 bits per heavy atom. The number of carbonyl (C=O) groups excluding carboxylic acids is 8. The predicted octanol–water partition coefficient (Wildman–Crippen LogP) is 6.34. The van der Waals surface area contributed by atoms with E-state index in [-0.39, 0.29) is 152 Å². The number of amides is 6. The topological polar surface area (TPSA) is 455 Å². The van der Waals surface area contributed by atoms with Gasteiger partial charge < -0.3 is 111 Å². The van der Waals surface area contributed by atoms with Gasteiger partial charge >= 0.3 is 0 Å². The number of unbranched alkanes of at least 4 members (excludes halogenated alkanes) is 29. The third kappa shape index (κ3) is 47.4. The summed E-state index contributed by atoms with van der Waals surface area (Å²) in [4.78, 5) is 101. The summed E-state index contributed by atoms with van der Waals surface area (Å²) in [6, 6.07) is -2.21. The molecule has 15 unspecified atom stereocenters. The highest BCUT2D eigenvalue weighted by molar-refractivity contribution is 5.80. The van der Waals surface area contributed by atoms with E-state index in [4.69, 9.17) is 33.2 Å². The Kier molecular flexibility index (Phi) is 59.5. The van der Waals surface area contributed by atoms with Crippen LogP contribution in [-0.4, -0.2) is 271 Å². The fourth-order valence-corrected chi connectivity index (χ4v) is 15.7. The molecule has 15 N–H and O–H groups in total. The van der Waals surface area contributed by atoms with Gasteiger partial charge in [0.15, 0.2) is 0 Å². The van der Waals surface area contributed by atoms with Crippen LogP contribution >= 0.6 is 0 Å². The van der Waals surface area contributed by atoms with Crippen molar-refractivity contribution in [3.63, 3.8) is 0 Å². The average Bonchev–Trinajstić information content (AvgIpc) is 0.817. The quantitative estimate of drug-likeness (QED) is 0.0233. The summed E-state index contributed by atoms with van der Waals surface area (Å²) in [5.74, 6) is -3.24. The first-order valence-corrected chi connectivity index (χ1v) is 44.2. The van der Waals surface area contributed by atoms with Gasteiger partial charge in [0.25, 0.3) is 0 Å². The molecule has 0 radical (unpaired) electrons. The predicted molar refractivity (Wildman–Crippen MR) is 435 cm³/mol. The molecule has 3 aliphatic rings. The fourth-order valence-electron chi connectivity index (χ4n) is 15.7. The van der Waals surface area contributed by atoms with E-state index in [0.29, 0.717) is 58.5 Å². The van der Waals surface area contributed by atoms with Crippen LogP contribution in [0, 0.1) is 17.8 Å². The van der Waals surface area contributed by atoms with Gasteiger partial charge in [0.1, 0.15) is 42.1 Å². The fraction of sp³-hybridized carbons (Fsp3) is 0.906. The van der Waals surface area contributed by atoms with Crippen molar-refractivity contribution < 1.29 is 117 Å². The van der Waals surface area contributed by atoms with Crippen LogP contribution < -0.4 is 31.9 Å². The van der Waals surface area contributed by atoms with Crippen LogP contribution in [0.1, 0.15) is 297 Å². The summed E-state index contributed by atoms with van der Waals surface area (Å²) in [5.41, 5.74) is -1.28. The van der Waals surface area contributed by atoms with Gasteiger partial charge in [0.2, 0.25) is 35.4 Å². The Labute approximate surface area is 686 Å². The zero-order valence-corrected chi connectivity index (χ0v) is 70.6. The van der Waals surface area contributed by atoms with E-state index >= 15 is 0 Å². The van der Waals surface area contributed by atoms with Gasteiger partial charge in [-0.05, 0) is 64.2 Å². The minimum Gasteiger partial charge on any atom is -0.396 e. The normalized spacial score (nSPS) is 24.1. The average molecular weight is 1650 g/mol. The van der Waals surface area contributed by atoms with Gasteiger partial charge in [-0.15, -0.1) is 0 Å². The van der Waals surface area contributed by atoms with Crippen LogP contribution in [-0.2, 0) is 71.5 Å². The van der Waals surface area contributed by atoms with E-state index in [2.05, 4.69) is 31.9 Å². The number of aliphatic hydroxyl groups is 9. The Bertz CT molecular complexity index is 2350. The maximum atomic E-state index is 13.8. The maximum Gasteiger partial charge on any atom is 0.222 e. The minimum absolute atomic E-state index is 0.00370. The van der Waals surface area contributed by atoms with Crippen LogP contribution in [0.15, 0.2) is 0 Å². The Morgan fingerprint density at radius 1 is 0.322 bits per heavy atom. The van der Waals surface area contributed by atoms with Crippen molar-refractivity contribution in [3.05, 3.63) is 0 Å². The lowest BCUT2D eigenvalue weighted by Gasteiger charge is -2.42. The molecular weight excluding hydrogens is 1490 g/mol. The molecule has 0 aromatic heterocycles. The molecule has 3 rings (SSSR count). The zero-order valence-electron chi connectivity index (χ0n) is 70.6. The lowest BCUT2D eigenvalue weighted by Crippen LogP contribution is -2.61. The van der Waals surface area contributed by atoms with E-state index in [9.17, 15) is 84.3 Å². The first-order chi connectivity index (χ1) is 55.5. The summed E-state index contributed by atoms with van der Waals surface area (Å²) in [7, 11) is 1.46. The summed E-state index contributed by atoms with van der Waals surface area (Å²) >= 11 is 0. The maximum absolute atomic E-state index is 13.8. The number of aliphatic hydroxyl groups excluding tert-OH is 9. The molecule has 0 heterocycles. The highest BCUT2D eigenvalue weighted by atomic mass is 16.5. The molecule has 3 saturated carbocycles. The van der Waals surface area contributed by atoms with Gasteiger partial charge in [0, 0.05) is 137 Å². The third-order valence-electron chi connectivity index (χ3n) is 22.6. The van der Waals surface area contributed by atoms with Crippen LogP contribution in [0.4, 0.5) is 0 Å². The number of ketones is 2. The Hall–Kier alpha value is -4.48. The first kappa shape index (κ1) is 105. The Morgan fingerprint density at radius 2 is 0.609 bits per heavy atom. The Balaban J connectivity index is 1.43. The zero-order chi connectivity index (χ0) is 84.3. The summed E-state index contributed by atoms with van der Waals surface area (Å²) in [6.45, 7) is 5.06. The molecule has 0 aromatic carbocycles. The lowest BCUT2D eigenvalue weighted by atomic mass is 9.79. The van der Waals surface area contributed by atoms with Gasteiger partial charge in [0.05, 0.1) is 94.4 Å². The lowest BCUT2D eigenvalue weighted by molar-refractivity contribution is -0.142. The summed E-state index contributed by atoms with van der Waals surface area (Å²) in [6.07, 6.45) is 26.4. The van der Waals surface area contributed by atoms with Crippen molar-refractivity contribution >= 4 is 47.0 Å². The molecule has 0 saturated heterocycles. The number of methoxy groups -OCH3 is 1. The van der Waals surface area contributed by atoms with Crippen LogP contribution in [0.3, 0.4) is 0 Å². The molecule has 0 bridgehead atoms. The van der Waals surface area contributed by atoms with E-state index in [1.165, 1.54) is 27.9 Å². The number of rotatable bonds is 72. The van der Waals surface area contributed by atoms with E-state index in [1.807, 2.05) is 0 Å². The van der Waals surface area contributed by atoms with Gasteiger partial charge in [-0.3, -0.25) is 38.4 Å². The molecule has 3 aliphatic carbocycles. The van der Waals surface area contributed by atoms with Crippen LogP contribution in [0.5, 0.6) is 0 Å². The molecule has 670 valence electrons. The van der Waals surface area contributed by atoms with Gasteiger partial charge in [-0.2, -0.15) is 0 Å². The molecule has 0 aromatic rings. The van der Waals surface area contributed by atoms with E-state index in [0.717, 1.165) is 205 Å². The second-order valence-electron chi connectivity index (χ2n) is 32.7. The van der Waals surface area contributed by atoms with Crippen molar-refractivity contribution in [2.45, 2.75) is 375 Å². The molecule has 30 heteroatoms. The standard InChI is InChI=1S/C85H156N6O24/c1-62(95)88-76-70(52-65(55-92)79(103)82(76)106)113-46-34-28-22-16-10-5-7-13-19-25-31-38-68(98)42-49-110-58-85(91-75(102)41-37-40-73(100)87-61-109-4,59-111-50-43-69(99)39-32-26-20-14-8-6-11-17-23-29-35-47-114-71-53-66(56-93)80(104)83(107)77(71)89-63(2)96)60-112-51-44-74(101)86-45-33-27-21-15-9-12-18-24-30-36-48-115-72-54-67(57-94)81(105)84(108)78(72)90-64(3)97/h65-67,70-72,76-84,92-94,103-108H,5-61H2,1-4H3,(H,86,101)(H,87,100)(H,88,95)(H,89,96)(H,90,97)(H,91,102). The van der Waals surface area contributed by atoms with Crippen molar-refractivity contribution in [3.8, 4) is 0 Å². The van der Waals surface area contributed by atoms with E-state index in [1.54, 1.807) is 0 Å². The number of carbonyl (C=O) groups is 8. The second-order valence-corrected chi connectivity index (χ2v) is 32.7. The summed E-state index contributed by atoms with van der Waals surface area (Å²) < 4.78 is 41.7. The monoisotopic (exact) mass is 1650 g/mol. The highest BCUT2D eigenvalue weighted by Gasteiger charge is 2.47. The van der Waals surface area contributed by atoms with Gasteiger partial charge in [-0.1, -0.05) is 167 Å². The van der Waals surface area contributed by atoms with Crippen molar-refractivity contribution in [1.29, 1.82) is 0 Å². The molecule has 15 atom stereocenters. The highest BCUT2D eigenvalue weighted by Crippen LogP contribution is 2.32. The number of hydrogen-bond donors (Lipinski definition) is 15. The third-order valence-corrected chi connectivity index (χ3v) is 22.6. The molecule has 115 heavy (non-hydrogen) atoms. The van der Waals surface area contributed by atoms with Crippen molar-refractivity contribution in [2.24, 2.45) is 17.8 Å².